The van der Waals surface area contributed by atoms with Gasteiger partial charge in [-0.15, -0.1) is 0 Å². The molecule has 1 aromatic carbocycles. The van der Waals surface area contributed by atoms with Crippen molar-refractivity contribution in [1.82, 2.24) is 4.90 Å². The Hall–Kier alpha value is -0.900. The van der Waals surface area contributed by atoms with Gasteiger partial charge in [-0.2, -0.15) is 0 Å². The van der Waals surface area contributed by atoms with E-state index in [1.807, 2.05) is 6.07 Å². The molecule has 0 radical (unpaired) electrons. The van der Waals surface area contributed by atoms with Crippen LogP contribution in [0.25, 0.3) is 0 Å². The lowest BCUT2D eigenvalue weighted by Gasteiger charge is -2.55. The molecular weight excluding hydrogens is 224 g/mol. The van der Waals surface area contributed by atoms with Crippen molar-refractivity contribution in [1.29, 1.82) is 0 Å². The fraction of sp³-hybridized carbons (Fsp3) is 0.600. The number of nitrogens with zero attached hydrogens (tertiary/aromatic N) is 1. The molecule has 1 heterocycles. The first kappa shape index (κ1) is 12.2. The summed E-state index contributed by atoms with van der Waals surface area (Å²) in [7, 11) is 0. The number of nitrogens with two attached hydrogens (primary N) is 1. The minimum absolute atomic E-state index is 0.239. The molecule has 0 bridgehead atoms. The number of likely N-dealkylation sites (tertiary alicyclic amines) is 1. The minimum atomic E-state index is 0.239. The number of hydrogen-bond donors (Lipinski definition) is 2. The van der Waals surface area contributed by atoms with Crippen LogP contribution in [0.2, 0.25) is 0 Å². The average molecular weight is 246 g/mol. The van der Waals surface area contributed by atoms with Crippen molar-refractivity contribution in [3.05, 3.63) is 35.9 Å². The smallest absolute Gasteiger partial charge is 0.0593 e. The van der Waals surface area contributed by atoms with Crippen LogP contribution >= 0.6 is 0 Å². The summed E-state index contributed by atoms with van der Waals surface area (Å²) < 4.78 is 0. The average Bonchev–Trinajstić information content (AvgIpc) is 3.20. The third kappa shape index (κ3) is 2.07. The first-order valence-electron chi connectivity index (χ1n) is 6.96. The van der Waals surface area contributed by atoms with Gasteiger partial charge in [0.05, 0.1) is 6.61 Å². The summed E-state index contributed by atoms with van der Waals surface area (Å²) in [5, 5.41) is 9.65. The van der Waals surface area contributed by atoms with Crippen molar-refractivity contribution >= 4 is 0 Å². The zero-order valence-corrected chi connectivity index (χ0v) is 10.7. The maximum absolute atomic E-state index is 9.65. The van der Waals surface area contributed by atoms with Gasteiger partial charge in [0.1, 0.15) is 0 Å². The lowest BCUT2D eigenvalue weighted by Crippen LogP contribution is -2.66. The Morgan fingerprint density at radius 2 is 1.89 bits per heavy atom. The molecule has 3 atom stereocenters. The Morgan fingerprint density at radius 3 is 2.44 bits per heavy atom. The maximum Gasteiger partial charge on any atom is 0.0593 e. The van der Waals surface area contributed by atoms with E-state index in [4.69, 9.17) is 5.73 Å². The second kappa shape index (κ2) is 5.00. The van der Waals surface area contributed by atoms with E-state index >= 15 is 0 Å². The van der Waals surface area contributed by atoms with Crippen LogP contribution in [-0.4, -0.2) is 41.8 Å². The van der Waals surface area contributed by atoms with Crippen LogP contribution in [0.4, 0.5) is 0 Å². The Kier molecular flexibility index (Phi) is 3.37. The number of rotatable bonds is 5. The molecule has 1 saturated carbocycles. The number of aliphatic hydroxyl groups is 1. The summed E-state index contributed by atoms with van der Waals surface area (Å²) >= 11 is 0. The van der Waals surface area contributed by atoms with Gasteiger partial charge >= 0.3 is 0 Å². The molecule has 3 N–H and O–H groups in total. The molecule has 2 fully saturated rings. The van der Waals surface area contributed by atoms with Crippen molar-refractivity contribution in [2.45, 2.75) is 30.8 Å². The van der Waals surface area contributed by atoms with E-state index in [0.29, 0.717) is 18.5 Å². The second-order valence-electron chi connectivity index (χ2n) is 5.63. The highest BCUT2D eigenvalue weighted by Crippen LogP contribution is 2.43. The van der Waals surface area contributed by atoms with Crippen molar-refractivity contribution < 1.29 is 5.11 Å². The van der Waals surface area contributed by atoms with Gasteiger partial charge in [0.2, 0.25) is 0 Å². The Balaban J connectivity index is 1.76. The zero-order valence-electron chi connectivity index (χ0n) is 10.7. The van der Waals surface area contributed by atoms with Crippen molar-refractivity contribution in [3.8, 4) is 0 Å². The van der Waals surface area contributed by atoms with Gasteiger partial charge in [0.15, 0.2) is 0 Å². The van der Waals surface area contributed by atoms with E-state index in [9.17, 15) is 5.11 Å². The number of benzene rings is 1. The molecule has 1 saturated heterocycles. The highest BCUT2D eigenvalue weighted by atomic mass is 16.3. The molecule has 1 aliphatic carbocycles. The molecule has 0 amide bonds. The van der Waals surface area contributed by atoms with Crippen LogP contribution in [-0.2, 0) is 0 Å². The summed E-state index contributed by atoms with van der Waals surface area (Å²) in [6, 6.07) is 11.2. The summed E-state index contributed by atoms with van der Waals surface area (Å²) in [4.78, 5) is 2.43. The Morgan fingerprint density at radius 1 is 1.17 bits per heavy atom. The molecule has 18 heavy (non-hydrogen) atoms. The van der Waals surface area contributed by atoms with E-state index in [1.165, 1.54) is 18.4 Å². The van der Waals surface area contributed by atoms with Crippen LogP contribution in [0.3, 0.4) is 0 Å². The molecule has 0 aromatic heterocycles. The van der Waals surface area contributed by atoms with Gasteiger partial charge < -0.3 is 10.8 Å². The van der Waals surface area contributed by atoms with Crippen LogP contribution in [0, 0.1) is 5.92 Å². The fourth-order valence-corrected chi connectivity index (χ4v) is 3.30. The fourth-order valence-electron chi connectivity index (χ4n) is 3.30. The van der Waals surface area contributed by atoms with E-state index in [0.717, 1.165) is 12.5 Å². The predicted molar refractivity (Wildman–Crippen MR) is 72.3 cm³/mol. The molecule has 2 aliphatic rings. The van der Waals surface area contributed by atoms with E-state index < -0.39 is 0 Å². The molecule has 3 rings (SSSR count). The largest absolute Gasteiger partial charge is 0.395 e. The third-order valence-corrected chi connectivity index (χ3v) is 4.46. The van der Waals surface area contributed by atoms with E-state index in [1.54, 1.807) is 0 Å². The lowest BCUT2D eigenvalue weighted by molar-refractivity contribution is -0.0417. The topological polar surface area (TPSA) is 49.5 Å². The second-order valence-corrected chi connectivity index (χ2v) is 5.63. The zero-order chi connectivity index (χ0) is 12.5. The molecule has 1 aliphatic heterocycles. The molecule has 1 aromatic rings. The third-order valence-electron chi connectivity index (χ3n) is 4.46. The van der Waals surface area contributed by atoms with E-state index in [2.05, 4.69) is 29.2 Å². The van der Waals surface area contributed by atoms with E-state index in [-0.39, 0.29) is 12.6 Å². The summed E-state index contributed by atoms with van der Waals surface area (Å²) in [6.07, 6.45) is 2.70. The van der Waals surface area contributed by atoms with Crippen LogP contribution < -0.4 is 5.73 Å². The highest BCUT2D eigenvalue weighted by Gasteiger charge is 2.48. The van der Waals surface area contributed by atoms with Gasteiger partial charge in [-0.3, -0.25) is 4.90 Å². The van der Waals surface area contributed by atoms with Crippen molar-refractivity contribution in [3.63, 3.8) is 0 Å². The number of hydrogen-bond acceptors (Lipinski definition) is 3. The maximum atomic E-state index is 9.65. The monoisotopic (exact) mass is 246 g/mol. The van der Waals surface area contributed by atoms with Crippen LogP contribution in [0.5, 0.6) is 0 Å². The molecular formula is C15H22N2O. The Labute approximate surface area is 109 Å². The summed E-state index contributed by atoms with van der Waals surface area (Å²) in [5.41, 5.74) is 7.26. The summed E-state index contributed by atoms with van der Waals surface area (Å²) in [6.45, 7) is 2.04. The standard InChI is InChI=1S/C15H22N2O/c16-8-13-15(12-4-2-1-3-5-12)14(10-18)17(13)9-11-6-7-11/h1-5,11,13-15,18H,6-10,16H2/t13-,14+,15?/m1/s1. The van der Waals surface area contributed by atoms with Gasteiger partial charge in [-0.1, -0.05) is 30.3 Å². The number of aliphatic hydroxyl groups excluding tert-OH is 1. The van der Waals surface area contributed by atoms with Gasteiger partial charge in [-0.05, 0) is 24.3 Å². The predicted octanol–water partition coefficient (Wildman–Crippen LogP) is 1.18. The quantitative estimate of drug-likeness (QED) is 0.820. The molecule has 1 unspecified atom stereocenters. The molecule has 98 valence electrons. The van der Waals surface area contributed by atoms with Gasteiger partial charge in [0.25, 0.3) is 0 Å². The lowest BCUT2D eigenvalue weighted by atomic mass is 9.75. The highest BCUT2D eigenvalue weighted by molar-refractivity contribution is 5.28. The first-order chi connectivity index (χ1) is 8.85. The van der Waals surface area contributed by atoms with Crippen molar-refractivity contribution in [2.75, 3.05) is 19.7 Å². The molecule has 3 nitrogen and oxygen atoms in total. The summed E-state index contributed by atoms with van der Waals surface area (Å²) in [5.74, 6) is 1.25. The normalized spacial score (nSPS) is 32.2. The van der Waals surface area contributed by atoms with Crippen molar-refractivity contribution in [2.24, 2.45) is 11.7 Å². The Bertz CT molecular complexity index is 379. The first-order valence-corrected chi connectivity index (χ1v) is 6.96. The van der Waals surface area contributed by atoms with Gasteiger partial charge in [0, 0.05) is 31.1 Å². The molecule has 3 heteroatoms. The molecule has 0 spiro atoms. The van der Waals surface area contributed by atoms with Crippen LogP contribution in [0.15, 0.2) is 30.3 Å². The van der Waals surface area contributed by atoms with Gasteiger partial charge in [-0.25, -0.2) is 0 Å². The van der Waals surface area contributed by atoms with Crippen LogP contribution in [0.1, 0.15) is 24.3 Å². The minimum Gasteiger partial charge on any atom is -0.395 e. The SMILES string of the molecule is NC[C@@H]1C(c2ccccc2)[C@H](CO)N1CC1CC1.